The Balaban J connectivity index is 2.12. The van der Waals surface area contributed by atoms with E-state index in [0.29, 0.717) is 58.2 Å². The van der Waals surface area contributed by atoms with E-state index in [1.54, 1.807) is 7.05 Å². The Hall–Kier alpha value is -3.35. The van der Waals surface area contributed by atoms with Crippen molar-refractivity contribution in [1.29, 1.82) is 0 Å². The maximum atomic E-state index is 14.0. The van der Waals surface area contributed by atoms with Gasteiger partial charge in [0.15, 0.2) is 12.4 Å². The van der Waals surface area contributed by atoms with E-state index in [9.17, 15) is 9.59 Å². The number of rotatable bonds is 7. The summed E-state index contributed by atoms with van der Waals surface area (Å²) in [5.41, 5.74) is 3.73. The molecule has 1 aliphatic heterocycles. The largest absolute Gasteiger partial charge is 0.490 e. The van der Waals surface area contributed by atoms with Gasteiger partial charge in [0.2, 0.25) is 0 Å². The maximum absolute atomic E-state index is 14.0. The molecule has 0 saturated heterocycles. The van der Waals surface area contributed by atoms with Crippen molar-refractivity contribution in [2.75, 3.05) is 18.5 Å². The number of benzene rings is 2. The van der Waals surface area contributed by atoms with Crippen molar-refractivity contribution < 1.29 is 14.3 Å². The van der Waals surface area contributed by atoms with E-state index in [1.807, 2.05) is 83.2 Å². The summed E-state index contributed by atoms with van der Waals surface area (Å²) >= 11 is 7.02. The third-order valence-electron chi connectivity index (χ3n) is 6.61. The molecule has 3 aromatic rings. The predicted molar refractivity (Wildman–Crippen MR) is 156 cm³/mol. The number of pyridine rings is 1. The summed E-state index contributed by atoms with van der Waals surface area (Å²) in [6.45, 7) is 10.8. The molecule has 1 aliphatic rings. The number of halogens is 1. The van der Waals surface area contributed by atoms with Crippen LogP contribution in [0, 0.1) is 0 Å². The number of hydrogen-bond acceptors (Lipinski definition) is 5. The summed E-state index contributed by atoms with van der Waals surface area (Å²) in [6.07, 6.45) is 6.43. The molecule has 0 saturated carbocycles. The minimum absolute atomic E-state index is 0.190. The number of aldehydes is 1. The average Bonchev–Trinajstić information content (AvgIpc) is 2.89. The molecule has 38 heavy (non-hydrogen) atoms. The van der Waals surface area contributed by atoms with E-state index in [2.05, 4.69) is 5.32 Å². The number of nitrogens with one attached hydrogen (secondary N) is 1. The molecule has 0 unspecified atom stereocenters. The fraction of sp³-hybridized carbons (Fsp3) is 0.355. The van der Waals surface area contributed by atoms with Crippen molar-refractivity contribution >= 4 is 34.3 Å². The fourth-order valence-electron chi connectivity index (χ4n) is 5.00. The van der Waals surface area contributed by atoms with Crippen LogP contribution in [0.2, 0.25) is 5.02 Å². The van der Waals surface area contributed by atoms with E-state index in [0.717, 1.165) is 22.8 Å². The summed E-state index contributed by atoms with van der Waals surface area (Å²) in [5.74, 6) is 0.670. The molecule has 2 aromatic carbocycles. The van der Waals surface area contributed by atoms with E-state index < -0.39 is 11.7 Å². The van der Waals surface area contributed by atoms with Crippen LogP contribution < -0.4 is 15.6 Å². The van der Waals surface area contributed by atoms with E-state index >= 15 is 0 Å². The zero-order chi connectivity index (χ0) is 27.6. The van der Waals surface area contributed by atoms with Gasteiger partial charge in [-0.1, -0.05) is 48.0 Å². The zero-order valence-electron chi connectivity index (χ0n) is 22.9. The van der Waals surface area contributed by atoms with Gasteiger partial charge < -0.3 is 24.2 Å². The molecule has 4 rings (SSSR count). The lowest BCUT2D eigenvalue weighted by molar-refractivity contribution is -0.129. The van der Waals surface area contributed by atoms with Crippen molar-refractivity contribution in [1.82, 2.24) is 4.57 Å². The van der Waals surface area contributed by atoms with Gasteiger partial charge in [-0.05, 0) is 69.7 Å². The minimum atomic E-state index is -0.985. The summed E-state index contributed by atoms with van der Waals surface area (Å²) in [4.78, 5) is 26.5. The second-order valence-electron chi connectivity index (χ2n) is 10.4. The van der Waals surface area contributed by atoms with Crippen LogP contribution in [0.3, 0.4) is 0 Å². The molecule has 6 nitrogen and oxygen atoms in total. The first-order valence-corrected chi connectivity index (χ1v) is 13.2. The van der Waals surface area contributed by atoms with Gasteiger partial charge in [-0.25, -0.2) is 0 Å². The Kier molecular flexibility index (Phi) is 8.14. The fourth-order valence-corrected chi connectivity index (χ4v) is 5.32. The molecule has 2 heterocycles. The van der Waals surface area contributed by atoms with Gasteiger partial charge in [0.05, 0.1) is 27.4 Å². The van der Waals surface area contributed by atoms with Gasteiger partial charge in [-0.3, -0.25) is 4.79 Å². The van der Waals surface area contributed by atoms with Crippen molar-refractivity contribution in [2.45, 2.75) is 52.7 Å². The average molecular weight is 535 g/mol. The van der Waals surface area contributed by atoms with Gasteiger partial charge >= 0.3 is 0 Å². The van der Waals surface area contributed by atoms with Crippen molar-refractivity contribution in [3.8, 4) is 16.9 Å². The molecule has 0 amide bonds. The molecule has 0 fully saturated rings. The molecule has 1 aromatic heterocycles. The SMILES string of the molecule is C/C=C\C(=C/C)Cc1cccc2c(-c3ccc4c(c3Cl)NCCO4)c([C@H](C=O)OC(C)(C)C)n(C)c(=O)c12. The van der Waals surface area contributed by atoms with Gasteiger partial charge in [-0.2, -0.15) is 0 Å². The van der Waals surface area contributed by atoms with E-state index in [-0.39, 0.29) is 5.56 Å². The molecule has 0 bridgehead atoms. The summed E-state index contributed by atoms with van der Waals surface area (Å²) in [5, 5.41) is 5.12. The van der Waals surface area contributed by atoms with Crippen LogP contribution in [-0.4, -0.2) is 29.6 Å². The Morgan fingerprint density at radius 3 is 2.66 bits per heavy atom. The lowest BCUT2D eigenvalue weighted by atomic mass is 9.90. The third kappa shape index (κ3) is 5.29. The highest BCUT2D eigenvalue weighted by molar-refractivity contribution is 6.37. The van der Waals surface area contributed by atoms with Crippen LogP contribution in [0.1, 0.15) is 52.0 Å². The van der Waals surface area contributed by atoms with Crippen LogP contribution in [0.15, 0.2) is 58.9 Å². The smallest absolute Gasteiger partial charge is 0.258 e. The molecule has 0 radical (unpaired) electrons. The first-order valence-electron chi connectivity index (χ1n) is 12.9. The lowest BCUT2D eigenvalue weighted by Crippen LogP contribution is -2.30. The van der Waals surface area contributed by atoms with Crippen LogP contribution in [0.4, 0.5) is 5.69 Å². The standard InChI is InChI=1S/C31H35ClN2O4/c1-7-10-19(8-2)17-20-11-9-12-21-25(20)30(36)34(6)29(24(18-35)38-31(3,4)5)26(21)22-13-14-23-28(27(22)32)33-15-16-37-23/h7-14,18,24,33H,15-17H2,1-6H3/b10-7-,19-8+/t24-/m0/s1. The quantitative estimate of drug-likeness (QED) is 0.267. The van der Waals surface area contributed by atoms with Crippen LogP contribution >= 0.6 is 11.6 Å². The maximum Gasteiger partial charge on any atom is 0.258 e. The third-order valence-corrected chi connectivity index (χ3v) is 7.00. The van der Waals surface area contributed by atoms with Crippen LogP contribution in [0.25, 0.3) is 21.9 Å². The first kappa shape index (κ1) is 27.7. The Morgan fingerprint density at radius 2 is 2.00 bits per heavy atom. The molecular weight excluding hydrogens is 500 g/mol. The number of hydrogen-bond donors (Lipinski definition) is 1. The number of allylic oxidation sites excluding steroid dienone is 4. The summed E-state index contributed by atoms with van der Waals surface area (Å²) in [7, 11) is 1.69. The molecule has 7 heteroatoms. The van der Waals surface area contributed by atoms with Gasteiger partial charge in [-0.15, -0.1) is 0 Å². The van der Waals surface area contributed by atoms with Gasteiger partial charge in [0.1, 0.15) is 12.4 Å². The number of aromatic nitrogens is 1. The number of fused-ring (bicyclic) bond motifs is 2. The second kappa shape index (κ2) is 11.2. The molecule has 1 atom stereocenters. The highest BCUT2D eigenvalue weighted by Crippen LogP contribution is 2.45. The number of carbonyl (C=O) groups excluding carboxylic acids is 1. The highest BCUT2D eigenvalue weighted by atomic mass is 35.5. The predicted octanol–water partition coefficient (Wildman–Crippen LogP) is 6.78. The highest BCUT2D eigenvalue weighted by Gasteiger charge is 2.30. The van der Waals surface area contributed by atoms with Crippen molar-refractivity contribution in [3.05, 3.63) is 80.8 Å². The first-order chi connectivity index (χ1) is 18.1. The molecule has 0 spiro atoms. The molecular formula is C31H35ClN2O4. The number of nitrogens with zero attached hydrogens (tertiary/aromatic N) is 1. The van der Waals surface area contributed by atoms with Crippen LogP contribution in [-0.2, 0) is 23.0 Å². The summed E-state index contributed by atoms with van der Waals surface area (Å²) in [6, 6.07) is 9.61. The Bertz CT molecular complexity index is 1490. The van der Waals surface area contributed by atoms with E-state index in [4.69, 9.17) is 21.1 Å². The van der Waals surface area contributed by atoms with E-state index in [1.165, 1.54) is 4.57 Å². The zero-order valence-corrected chi connectivity index (χ0v) is 23.6. The molecule has 1 N–H and O–H groups in total. The minimum Gasteiger partial charge on any atom is -0.490 e. The Labute approximate surface area is 228 Å². The van der Waals surface area contributed by atoms with Crippen LogP contribution in [0.5, 0.6) is 5.75 Å². The summed E-state index contributed by atoms with van der Waals surface area (Å²) < 4.78 is 13.5. The molecule has 0 aliphatic carbocycles. The topological polar surface area (TPSA) is 69.6 Å². The monoisotopic (exact) mass is 534 g/mol. The van der Waals surface area contributed by atoms with Crippen molar-refractivity contribution in [3.63, 3.8) is 0 Å². The van der Waals surface area contributed by atoms with Gasteiger partial charge in [0, 0.05) is 24.7 Å². The van der Waals surface area contributed by atoms with Gasteiger partial charge in [0.25, 0.3) is 5.56 Å². The number of anilines is 1. The second-order valence-corrected chi connectivity index (χ2v) is 10.7. The normalized spacial score (nSPS) is 14.8. The lowest BCUT2D eigenvalue weighted by Gasteiger charge is -2.29. The van der Waals surface area contributed by atoms with Crippen molar-refractivity contribution in [2.24, 2.45) is 7.05 Å². The Morgan fingerprint density at radius 1 is 1.24 bits per heavy atom. The molecule has 200 valence electrons. The number of carbonyl (C=O) groups is 1. The number of ether oxygens (including phenoxy) is 2.